The first-order valence-corrected chi connectivity index (χ1v) is 5.25. The van der Waals surface area contributed by atoms with E-state index in [2.05, 4.69) is 32.5 Å². The predicted octanol–water partition coefficient (Wildman–Crippen LogP) is 3.03. The van der Waals surface area contributed by atoms with Gasteiger partial charge in [-0.2, -0.15) is 9.98 Å². The Morgan fingerprint density at radius 2 is 2.12 bits per heavy atom. The van der Waals surface area contributed by atoms with Crippen molar-refractivity contribution in [1.82, 2.24) is 10.1 Å². The number of rotatable bonds is 3. The van der Waals surface area contributed by atoms with Crippen LogP contribution in [0.15, 0.2) is 33.8 Å². The van der Waals surface area contributed by atoms with Crippen LogP contribution in [0.5, 0.6) is 0 Å². The van der Waals surface area contributed by atoms with Crippen molar-refractivity contribution < 1.29 is 4.52 Å². The van der Waals surface area contributed by atoms with Crippen LogP contribution in [-0.4, -0.2) is 15.3 Å². The van der Waals surface area contributed by atoms with Crippen LogP contribution in [0, 0.1) is 0 Å². The maximum Gasteiger partial charge on any atom is 0.226 e. The normalized spacial score (nSPS) is 9.81. The van der Waals surface area contributed by atoms with E-state index in [-0.39, 0.29) is 0 Å². The van der Waals surface area contributed by atoms with E-state index < -0.39 is 0 Å². The van der Waals surface area contributed by atoms with Gasteiger partial charge in [0, 0.05) is 12.0 Å². The molecule has 0 fully saturated rings. The molecule has 0 amide bonds. The molecule has 0 saturated heterocycles. The van der Waals surface area contributed by atoms with E-state index in [4.69, 9.17) is 4.52 Å². The number of aryl methyl sites for hydroxylation is 1. The van der Waals surface area contributed by atoms with Crippen molar-refractivity contribution in [3.63, 3.8) is 0 Å². The number of hydrogen-bond acceptors (Lipinski definition) is 5. The predicted molar refractivity (Wildman–Crippen MR) is 63.8 cm³/mol. The SMILES string of the molecule is CCc1nc(-c2ccc(N=C=S)cc2)no1. The van der Waals surface area contributed by atoms with Crippen LogP contribution >= 0.6 is 12.2 Å². The second-order valence-corrected chi connectivity index (χ2v) is 3.30. The van der Waals surface area contributed by atoms with E-state index in [1.165, 1.54) is 0 Å². The molecule has 0 aliphatic carbocycles. The first-order chi connectivity index (χ1) is 7.83. The lowest BCUT2D eigenvalue weighted by atomic mass is 10.2. The summed E-state index contributed by atoms with van der Waals surface area (Å²) < 4.78 is 5.03. The number of isothiocyanates is 1. The van der Waals surface area contributed by atoms with Crippen molar-refractivity contribution in [2.24, 2.45) is 4.99 Å². The largest absolute Gasteiger partial charge is 0.339 e. The lowest BCUT2D eigenvalue weighted by molar-refractivity contribution is 0.383. The molecule has 1 aromatic heterocycles. The second kappa shape index (κ2) is 4.79. The highest BCUT2D eigenvalue weighted by atomic mass is 32.1. The number of hydrogen-bond donors (Lipinski definition) is 0. The number of thiocarbonyl (C=S) groups is 1. The number of benzene rings is 1. The monoisotopic (exact) mass is 231 g/mol. The van der Waals surface area contributed by atoms with Gasteiger partial charge in [0.25, 0.3) is 0 Å². The Bertz CT molecular complexity index is 526. The second-order valence-electron chi connectivity index (χ2n) is 3.12. The van der Waals surface area contributed by atoms with E-state index >= 15 is 0 Å². The Hall–Kier alpha value is -1.84. The lowest BCUT2D eigenvalue weighted by Gasteiger charge is -1.94. The molecular weight excluding hydrogens is 222 g/mol. The van der Waals surface area contributed by atoms with E-state index in [0.717, 1.165) is 17.7 Å². The summed E-state index contributed by atoms with van der Waals surface area (Å²) >= 11 is 4.52. The minimum Gasteiger partial charge on any atom is -0.339 e. The molecule has 0 bridgehead atoms. The minimum absolute atomic E-state index is 0.592. The molecule has 0 saturated carbocycles. The van der Waals surface area contributed by atoms with Crippen LogP contribution in [0.25, 0.3) is 11.4 Å². The van der Waals surface area contributed by atoms with Gasteiger partial charge in [-0.1, -0.05) is 12.1 Å². The summed E-state index contributed by atoms with van der Waals surface area (Å²) in [6.07, 6.45) is 0.736. The molecular formula is C11H9N3OS. The molecule has 4 nitrogen and oxygen atoms in total. The average Bonchev–Trinajstić information content (AvgIpc) is 2.79. The molecule has 0 atom stereocenters. The van der Waals surface area contributed by atoms with Crippen LogP contribution in [0.1, 0.15) is 12.8 Å². The molecule has 0 N–H and O–H groups in total. The minimum atomic E-state index is 0.592. The third kappa shape index (κ3) is 2.21. The fraction of sp³-hybridized carbons (Fsp3) is 0.182. The summed E-state index contributed by atoms with van der Waals surface area (Å²) in [5, 5.41) is 6.20. The molecule has 80 valence electrons. The van der Waals surface area contributed by atoms with Gasteiger partial charge in [-0.15, -0.1) is 0 Å². The van der Waals surface area contributed by atoms with Crippen molar-refractivity contribution in [2.45, 2.75) is 13.3 Å². The fourth-order valence-corrected chi connectivity index (χ4v) is 1.36. The van der Waals surface area contributed by atoms with Gasteiger partial charge < -0.3 is 4.52 Å². The average molecular weight is 231 g/mol. The number of nitrogens with zero attached hydrogens (tertiary/aromatic N) is 3. The van der Waals surface area contributed by atoms with Crippen LogP contribution < -0.4 is 0 Å². The van der Waals surface area contributed by atoms with E-state index in [0.29, 0.717) is 11.7 Å². The van der Waals surface area contributed by atoms with Gasteiger partial charge >= 0.3 is 0 Å². The van der Waals surface area contributed by atoms with Crippen molar-refractivity contribution in [1.29, 1.82) is 0 Å². The van der Waals surface area contributed by atoms with Crippen molar-refractivity contribution >= 4 is 23.1 Å². The highest BCUT2D eigenvalue weighted by molar-refractivity contribution is 7.78. The van der Waals surface area contributed by atoms with Crippen LogP contribution in [-0.2, 0) is 6.42 Å². The molecule has 0 unspecified atom stereocenters. The van der Waals surface area contributed by atoms with Gasteiger partial charge in [0.05, 0.1) is 10.8 Å². The van der Waals surface area contributed by atoms with Gasteiger partial charge in [0.1, 0.15) is 0 Å². The van der Waals surface area contributed by atoms with Crippen LogP contribution in [0.4, 0.5) is 5.69 Å². The molecule has 2 rings (SSSR count). The van der Waals surface area contributed by atoms with Gasteiger partial charge in [0.15, 0.2) is 0 Å². The molecule has 2 aromatic rings. The molecule has 0 aliphatic rings. The van der Waals surface area contributed by atoms with Gasteiger partial charge in [-0.25, -0.2) is 0 Å². The van der Waals surface area contributed by atoms with E-state index in [1.807, 2.05) is 31.2 Å². The zero-order valence-electron chi connectivity index (χ0n) is 8.67. The molecule has 0 radical (unpaired) electrons. The topological polar surface area (TPSA) is 51.3 Å². The maximum absolute atomic E-state index is 5.03. The number of aliphatic imine (C=N–C) groups is 1. The van der Waals surface area contributed by atoms with Gasteiger partial charge in [-0.3, -0.25) is 0 Å². The van der Waals surface area contributed by atoms with Crippen molar-refractivity contribution in [3.8, 4) is 11.4 Å². The highest BCUT2D eigenvalue weighted by Crippen LogP contribution is 2.19. The maximum atomic E-state index is 5.03. The molecule has 16 heavy (non-hydrogen) atoms. The zero-order chi connectivity index (χ0) is 11.4. The summed E-state index contributed by atoms with van der Waals surface area (Å²) in [7, 11) is 0. The Balaban J connectivity index is 2.30. The summed E-state index contributed by atoms with van der Waals surface area (Å²) in [5.74, 6) is 1.23. The van der Waals surface area contributed by atoms with Crippen LogP contribution in [0.3, 0.4) is 0 Å². The Morgan fingerprint density at radius 3 is 2.69 bits per heavy atom. The quantitative estimate of drug-likeness (QED) is 0.601. The Kier molecular flexibility index (Phi) is 3.19. The Morgan fingerprint density at radius 1 is 1.38 bits per heavy atom. The standard InChI is InChI=1S/C11H9N3OS/c1-2-10-13-11(14-15-10)8-3-5-9(6-4-8)12-7-16/h3-6H,2H2,1H3. The van der Waals surface area contributed by atoms with Crippen LogP contribution in [0.2, 0.25) is 0 Å². The summed E-state index contributed by atoms with van der Waals surface area (Å²) in [4.78, 5) is 8.09. The van der Waals surface area contributed by atoms with Gasteiger partial charge in [-0.05, 0) is 36.5 Å². The fourth-order valence-electron chi connectivity index (χ4n) is 1.25. The van der Waals surface area contributed by atoms with Crippen molar-refractivity contribution in [2.75, 3.05) is 0 Å². The first kappa shape index (κ1) is 10.7. The Labute approximate surface area is 98.0 Å². The van der Waals surface area contributed by atoms with E-state index in [1.54, 1.807) is 0 Å². The summed E-state index contributed by atoms with van der Waals surface area (Å²) in [6, 6.07) is 7.40. The van der Waals surface area contributed by atoms with Crippen molar-refractivity contribution in [3.05, 3.63) is 30.2 Å². The highest BCUT2D eigenvalue weighted by Gasteiger charge is 2.06. The molecule has 0 spiro atoms. The zero-order valence-corrected chi connectivity index (χ0v) is 9.49. The molecule has 0 aliphatic heterocycles. The third-order valence-corrected chi connectivity index (χ3v) is 2.16. The van der Waals surface area contributed by atoms with E-state index in [9.17, 15) is 0 Å². The smallest absolute Gasteiger partial charge is 0.226 e. The summed E-state index contributed by atoms with van der Waals surface area (Å²) in [6.45, 7) is 1.97. The summed E-state index contributed by atoms with van der Waals surface area (Å²) in [5.41, 5.74) is 1.66. The lowest BCUT2D eigenvalue weighted by Crippen LogP contribution is -1.81. The van der Waals surface area contributed by atoms with Gasteiger partial charge in [0.2, 0.25) is 11.7 Å². The third-order valence-electron chi connectivity index (χ3n) is 2.07. The number of aromatic nitrogens is 2. The molecule has 5 heteroatoms. The molecule has 1 aromatic carbocycles. The first-order valence-electron chi connectivity index (χ1n) is 4.84. The molecule has 1 heterocycles.